The van der Waals surface area contributed by atoms with Crippen molar-refractivity contribution in [2.75, 3.05) is 0 Å². The summed E-state index contributed by atoms with van der Waals surface area (Å²) < 4.78 is 0. The van der Waals surface area contributed by atoms with Gasteiger partial charge in [0.15, 0.2) is 0 Å². The van der Waals surface area contributed by atoms with E-state index in [1.165, 1.54) is 77.0 Å². The van der Waals surface area contributed by atoms with E-state index >= 15 is 0 Å². The number of Topliss-reactive ketones (excluding diaryl/α,β-unsaturated/α-hetero) is 1. The highest BCUT2D eigenvalue weighted by Crippen LogP contribution is 2.48. The third kappa shape index (κ3) is 5.83. The van der Waals surface area contributed by atoms with Crippen LogP contribution in [0.25, 0.3) is 0 Å². The van der Waals surface area contributed by atoms with E-state index < -0.39 is 0 Å². The minimum Gasteiger partial charge on any atom is -0.299 e. The molecule has 0 N–H and O–H groups in total. The molecule has 0 aromatic heterocycles. The summed E-state index contributed by atoms with van der Waals surface area (Å²) >= 11 is 0. The summed E-state index contributed by atoms with van der Waals surface area (Å²) in [6, 6.07) is 0. The number of carbonyl (C=O) groups excluding carboxylic acids is 1. The van der Waals surface area contributed by atoms with E-state index in [2.05, 4.69) is 27.7 Å². The second-order valence-electron chi connectivity index (χ2n) is 9.68. The van der Waals surface area contributed by atoms with E-state index in [1.54, 1.807) is 0 Å². The topological polar surface area (TPSA) is 17.1 Å². The number of carbonyl (C=O) groups is 1. The maximum absolute atomic E-state index is 12.6. The Morgan fingerprint density at radius 1 is 0.960 bits per heavy atom. The lowest BCUT2D eigenvalue weighted by Crippen LogP contribution is -2.26. The van der Waals surface area contributed by atoms with E-state index in [4.69, 9.17) is 0 Å². The summed E-state index contributed by atoms with van der Waals surface area (Å²) in [5.41, 5.74) is 0.619. The quantitative estimate of drug-likeness (QED) is 0.398. The van der Waals surface area contributed by atoms with Gasteiger partial charge in [0.2, 0.25) is 0 Å². The lowest BCUT2D eigenvalue weighted by molar-refractivity contribution is -0.124. The monoisotopic (exact) mass is 348 g/mol. The van der Waals surface area contributed by atoms with Crippen LogP contribution in [0.5, 0.6) is 0 Å². The molecule has 0 radical (unpaired) electrons. The lowest BCUT2D eigenvalue weighted by atomic mass is 9.70. The molecule has 0 spiro atoms. The van der Waals surface area contributed by atoms with Crippen LogP contribution in [0.2, 0.25) is 0 Å². The Hall–Kier alpha value is -0.330. The Labute approximate surface area is 157 Å². The van der Waals surface area contributed by atoms with E-state index in [1.807, 2.05) is 0 Å². The molecule has 1 heteroatoms. The van der Waals surface area contributed by atoms with Crippen molar-refractivity contribution in [3.05, 3.63) is 0 Å². The summed E-state index contributed by atoms with van der Waals surface area (Å²) in [5, 5.41) is 0. The molecule has 25 heavy (non-hydrogen) atoms. The molecule has 1 nitrogen and oxygen atoms in total. The molecule has 0 aromatic rings. The highest BCUT2D eigenvalue weighted by atomic mass is 16.1. The number of ketones is 1. The normalized spacial score (nSPS) is 24.8. The minimum absolute atomic E-state index is 0.261. The standard InChI is InChI=1S/C24H44O/c1-5-24(17-9-10-18-24)20(3)14-13-19(2)21(4)23(25)16-15-22-11-7-6-8-12-22/h19-22H,5-18H2,1-4H3/t19?,20-,21?/m0/s1. The SMILES string of the molecule is CCC1([C@@H](C)CCC(C)C(C)C(=O)CCC2CCCCC2)CCCC1. The zero-order chi connectivity index (χ0) is 18.3. The molecule has 0 saturated heterocycles. The van der Waals surface area contributed by atoms with Gasteiger partial charge in [-0.2, -0.15) is 0 Å². The van der Waals surface area contributed by atoms with Crippen LogP contribution in [-0.2, 0) is 4.79 Å². The molecule has 3 atom stereocenters. The molecule has 2 fully saturated rings. The van der Waals surface area contributed by atoms with Gasteiger partial charge in [-0.3, -0.25) is 4.79 Å². The van der Waals surface area contributed by atoms with Gasteiger partial charge in [0, 0.05) is 12.3 Å². The van der Waals surface area contributed by atoms with Gasteiger partial charge in [-0.1, -0.05) is 79.1 Å². The van der Waals surface area contributed by atoms with Crippen molar-refractivity contribution in [1.82, 2.24) is 0 Å². The van der Waals surface area contributed by atoms with Crippen LogP contribution in [0.4, 0.5) is 0 Å². The molecule has 146 valence electrons. The fraction of sp³-hybridized carbons (Fsp3) is 0.958. The first-order valence-corrected chi connectivity index (χ1v) is 11.5. The van der Waals surface area contributed by atoms with Gasteiger partial charge in [0.1, 0.15) is 5.78 Å². The predicted octanol–water partition coefficient (Wildman–Crippen LogP) is 7.57. The third-order valence-corrected chi connectivity index (χ3v) is 8.29. The van der Waals surface area contributed by atoms with Crippen LogP contribution in [0.3, 0.4) is 0 Å². The Balaban J connectivity index is 1.71. The molecule has 2 unspecified atom stereocenters. The highest BCUT2D eigenvalue weighted by molar-refractivity contribution is 5.80. The average Bonchev–Trinajstić information content (AvgIpc) is 3.14. The number of rotatable bonds is 10. The van der Waals surface area contributed by atoms with Gasteiger partial charge in [-0.05, 0) is 55.3 Å². The summed E-state index contributed by atoms with van der Waals surface area (Å²) in [4.78, 5) is 12.6. The molecule has 2 rings (SSSR count). The first kappa shape index (κ1) is 21.0. The van der Waals surface area contributed by atoms with Crippen LogP contribution in [0.15, 0.2) is 0 Å². The molecule has 0 aromatic carbocycles. The van der Waals surface area contributed by atoms with Crippen molar-refractivity contribution in [3.8, 4) is 0 Å². The van der Waals surface area contributed by atoms with Crippen molar-refractivity contribution in [2.45, 2.75) is 118 Å². The Morgan fingerprint density at radius 2 is 1.60 bits per heavy atom. The van der Waals surface area contributed by atoms with Crippen LogP contribution < -0.4 is 0 Å². The second-order valence-corrected chi connectivity index (χ2v) is 9.68. The molecule has 0 bridgehead atoms. The molecule has 0 aliphatic heterocycles. The molecule has 0 amide bonds. The molecule has 2 aliphatic rings. The van der Waals surface area contributed by atoms with Gasteiger partial charge in [0.05, 0.1) is 0 Å². The van der Waals surface area contributed by atoms with Crippen LogP contribution >= 0.6 is 0 Å². The first-order valence-electron chi connectivity index (χ1n) is 11.5. The molecular formula is C24H44O. The molecular weight excluding hydrogens is 304 g/mol. The van der Waals surface area contributed by atoms with Gasteiger partial charge in [-0.25, -0.2) is 0 Å². The van der Waals surface area contributed by atoms with Crippen molar-refractivity contribution in [2.24, 2.45) is 29.1 Å². The van der Waals surface area contributed by atoms with E-state index in [-0.39, 0.29) is 5.92 Å². The van der Waals surface area contributed by atoms with E-state index in [0.717, 1.165) is 24.7 Å². The van der Waals surface area contributed by atoms with E-state index in [0.29, 0.717) is 17.1 Å². The van der Waals surface area contributed by atoms with Crippen molar-refractivity contribution in [1.29, 1.82) is 0 Å². The Kier molecular flexibility index (Phi) is 8.49. The Morgan fingerprint density at radius 3 is 2.20 bits per heavy atom. The minimum atomic E-state index is 0.261. The largest absolute Gasteiger partial charge is 0.299 e. The molecule has 2 saturated carbocycles. The predicted molar refractivity (Wildman–Crippen MR) is 109 cm³/mol. The molecule has 2 aliphatic carbocycles. The van der Waals surface area contributed by atoms with Crippen LogP contribution in [0.1, 0.15) is 118 Å². The zero-order valence-electron chi connectivity index (χ0n) is 17.6. The first-order chi connectivity index (χ1) is 12.0. The third-order valence-electron chi connectivity index (χ3n) is 8.29. The summed E-state index contributed by atoms with van der Waals surface area (Å²) in [6.07, 6.45) is 18.6. The molecule has 0 heterocycles. The van der Waals surface area contributed by atoms with Crippen molar-refractivity contribution < 1.29 is 4.79 Å². The average molecular weight is 349 g/mol. The van der Waals surface area contributed by atoms with Crippen LogP contribution in [0, 0.1) is 29.1 Å². The summed E-state index contributed by atoms with van der Waals surface area (Å²) in [6.45, 7) is 9.40. The lowest BCUT2D eigenvalue weighted by Gasteiger charge is -2.35. The fourth-order valence-corrected chi connectivity index (χ4v) is 5.71. The van der Waals surface area contributed by atoms with Crippen LogP contribution in [-0.4, -0.2) is 5.78 Å². The van der Waals surface area contributed by atoms with Gasteiger partial charge in [0.25, 0.3) is 0 Å². The second kappa shape index (κ2) is 10.1. The summed E-state index contributed by atoms with van der Waals surface area (Å²) in [7, 11) is 0. The van der Waals surface area contributed by atoms with Gasteiger partial charge in [-0.15, -0.1) is 0 Å². The highest BCUT2D eigenvalue weighted by Gasteiger charge is 2.37. The number of hydrogen-bond donors (Lipinski definition) is 0. The Bertz CT molecular complexity index is 387. The maximum atomic E-state index is 12.6. The fourth-order valence-electron chi connectivity index (χ4n) is 5.71. The maximum Gasteiger partial charge on any atom is 0.135 e. The van der Waals surface area contributed by atoms with Crippen molar-refractivity contribution >= 4 is 5.78 Å². The smallest absolute Gasteiger partial charge is 0.135 e. The zero-order valence-corrected chi connectivity index (χ0v) is 17.6. The van der Waals surface area contributed by atoms with E-state index in [9.17, 15) is 4.79 Å². The summed E-state index contributed by atoms with van der Waals surface area (Å²) in [5.74, 6) is 3.02. The van der Waals surface area contributed by atoms with Gasteiger partial charge < -0.3 is 0 Å². The number of hydrogen-bond acceptors (Lipinski definition) is 1. The van der Waals surface area contributed by atoms with Crippen molar-refractivity contribution in [3.63, 3.8) is 0 Å². The van der Waals surface area contributed by atoms with Gasteiger partial charge >= 0.3 is 0 Å².